The van der Waals surface area contributed by atoms with Crippen molar-refractivity contribution in [2.45, 2.75) is 6.18 Å². The lowest BCUT2D eigenvalue weighted by atomic mass is 9.93. The van der Waals surface area contributed by atoms with E-state index >= 15 is 0 Å². The van der Waals surface area contributed by atoms with Crippen molar-refractivity contribution in [1.82, 2.24) is 0 Å². The Kier molecular flexibility index (Phi) is 2.89. The smallest absolute Gasteiger partial charge is 0.166 e. The van der Waals surface area contributed by atoms with Gasteiger partial charge in [0.15, 0.2) is 0 Å². The topological polar surface area (TPSA) is 0 Å². The van der Waals surface area contributed by atoms with E-state index in [0.717, 1.165) is 12.2 Å². The molecule has 0 spiro atoms. The monoisotopic (exact) mass is 248 g/mol. The van der Waals surface area contributed by atoms with Crippen LogP contribution in [-0.4, -0.2) is 14.0 Å². The molecule has 0 bridgehead atoms. The molecule has 1 aliphatic carbocycles. The Hall–Kier alpha value is -0.665. The molecule has 0 atom stereocenters. The van der Waals surface area contributed by atoms with Crippen LogP contribution in [0, 0.1) is 0 Å². The van der Waals surface area contributed by atoms with Gasteiger partial charge in [-0.05, 0) is 28.1 Å². The fraction of sp³-hybridized carbons (Fsp3) is 0.125. The van der Waals surface area contributed by atoms with Gasteiger partial charge in [0.25, 0.3) is 0 Å². The van der Waals surface area contributed by atoms with Gasteiger partial charge in [0.1, 0.15) is 7.85 Å². The van der Waals surface area contributed by atoms with Crippen LogP contribution in [0.15, 0.2) is 39.5 Å². The molecule has 0 amide bonds. The van der Waals surface area contributed by atoms with Gasteiger partial charge in [-0.25, -0.2) is 0 Å². The lowest BCUT2D eigenvalue weighted by Gasteiger charge is -2.05. The molecule has 0 nitrogen and oxygen atoms in total. The third kappa shape index (κ3) is 2.94. The summed E-state index contributed by atoms with van der Waals surface area (Å²) in [4.78, 5) is 0. The molecule has 0 unspecified atom stereocenters. The summed E-state index contributed by atoms with van der Waals surface area (Å²) >= 11 is 3.07. The summed E-state index contributed by atoms with van der Waals surface area (Å²) in [5.74, 6) is 0. The van der Waals surface area contributed by atoms with Crippen molar-refractivity contribution in [2.24, 2.45) is 0 Å². The van der Waals surface area contributed by atoms with Gasteiger partial charge < -0.3 is 0 Å². The minimum absolute atomic E-state index is 0.514. The largest absolute Gasteiger partial charge is 0.416 e. The van der Waals surface area contributed by atoms with Gasteiger partial charge in [-0.2, -0.15) is 13.2 Å². The van der Waals surface area contributed by atoms with Gasteiger partial charge >= 0.3 is 6.18 Å². The summed E-state index contributed by atoms with van der Waals surface area (Å²) in [5, 5.41) is 0. The van der Waals surface area contributed by atoms with Gasteiger partial charge in [-0.15, -0.1) is 5.73 Å². The van der Waals surface area contributed by atoms with E-state index in [1.807, 2.05) is 0 Å². The van der Waals surface area contributed by atoms with Crippen molar-refractivity contribution >= 4 is 23.8 Å². The number of alkyl halides is 3. The van der Waals surface area contributed by atoms with Crippen LogP contribution in [0.2, 0.25) is 0 Å². The molecule has 0 saturated heterocycles. The lowest BCUT2D eigenvalue weighted by Crippen LogP contribution is -2.09. The lowest BCUT2D eigenvalue weighted by molar-refractivity contribution is -0.0881. The molecule has 0 aromatic heterocycles. The quantitative estimate of drug-likeness (QED) is 0.456. The Morgan fingerprint density at radius 2 is 1.92 bits per heavy atom. The van der Waals surface area contributed by atoms with Crippen molar-refractivity contribution in [1.29, 1.82) is 0 Å². The molecule has 0 fully saturated rings. The molecular weight excluding hydrogens is 244 g/mol. The van der Waals surface area contributed by atoms with E-state index in [9.17, 15) is 13.2 Å². The molecule has 13 heavy (non-hydrogen) atoms. The van der Waals surface area contributed by atoms with Gasteiger partial charge in [0.2, 0.25) is 0 Å². The van der Waals surface area contributed by atoms with E-state index in [1.165, 1.54) is 0 Å². The van der Waals surface area contributed by atoms with Gasteiger partial charge in [0, 0.05) is 0 Å². The highest BCUT2D eigenvalue weighted by Crippen LogP contribution is 2.28. The van der Waals surface area contributed by atoms with Crippen LogP contribution in [0.5, 0.6) is 0 Å². The number of allylic oxidation sites excluding steroid dienone is 5. The Labute approximate surface area is 83.0 Å². The van der Waals surface area contributed by atoms with Crippen molar-refractivity contribution in [3.05, 3.63) is 39.5 Å². The third-order valence-corrected chi connectivity index (χ3v) is 1.89. The van der Waals surface area contributed by atoms with Crippen LogP contribution < -0.4 is 0 Å². The zero-order valence-electron chi connectivity index (χ0n) is 6.74. The van der Waals surface area contributed by atoms with E-state index in [2.05, 4.69) is 21.7 Å². The van der Waals surface area contributed by atoms with Crippen molar-refractivity contribution in [2.75, 3.05) is 0 Å². The third-order valence-electron chi connectivity index (χ3n) is 1.43. The van der Waals surface area contributed by atoms with Crippen molar-refractivity contribution in [3.63, 3.8) is 0 Å². The van der Waals surface area contributed by atoms with E-state index < -0.39 is 11.7 Å². The highest BCUT2D eigenvalue weighted by Gasteiger charge is 2.31. The average Bonchev–Trinajstić information content (AvgIpc) is 2.09. The van der Waals surface area contributed by atoms with Crippen LogP contribution in [-0.2, 0) is 0 Å². The van der Waals surface area contributed by atoms with E-state index in [-0.39, 0.29) is 0 Å². The van der Waals surface area contributed by atoms with E-state index in [1.54, 1.807) is 13.9 Å². The van der Waals surface area contributed by atoms with Gasteiger partial charge in [-0.1, -0.05) is 11.5 Å². The molecule has 0 aliphatic heterocycles. The van der Waals surface area contributed by atoms with Crippen LogP contribution in [0.1, 0.15) is 0 Å². The van der Waals surface area contributed by atoms with Crippen LogP contribution in [0.4, 0.5) is 13.2 Å². The maximum atomic E-state index is 12.2. The molecule has 0 aromatic carbocycles. The standard InChI is InChI=1S/C8H5BBrF3/c9-6-3-5(8(11,12)13)1-2-7(10)4-6/h1,3-4H,9H2. The number of hydrogen-bond donors (Lipinski definition) is 0. The zero-order chi connectivity index (χ0) is 10.1. The second kappa shape index (κ2) is 3.60. The molecule has 0 N–H and O–H groups in total. The zero-order valence-corrected chi connectivity index (χ0v) is 8.33. The van der Waals surface area contributed by atoms with E-state index in [4.69, 9.17) is 0 Å². The van der Waals surface area contributed by atoms with Gasteiger partial charge in [0.05, 0.1) is 10.1 Å². The normalized spacial score (nSPS) is 17.4. The molecule has 1 rings (SSSR count). The summed E-state index contributed by atoms with van der Waals surface area (Å²) < 4.78 is 37.2. The van der Waals surface area contributed by atoms with Crippen LogP contribution >= 0.6 is 15.9 Å². The first-order chi connectivity index (χ1) is 5.89. The highest BCUT2D eigenvalue weighted by atomic mass is 79.9. The molecule has 0 saturated carbocycles. The molecule has 0 heterocycles. The Morgan fingerprint density at radius 3 is 2.46 bits per heavy atom. The second-order valence-electron chi connectivity index (χ2n) is 2.62. The van der Waals surface area contributed by atoms with Crippen LogP contribution in [0.3, 0.4) is 0 Å². The molecule has 1 aliphatic rings. The Morgan fingerprint density at radius 1 is 1.31 bits per heavy atom. The second-order valence-corrected chi connectivity index (χ2v) is 3.48. The number of hydrogen-bond acceptors (Lipinski definition) is 0. The summed E-state index contributed by atoms with van der Waals surface area (Å²) in [5.41, 5.74) is 2.33. The molecule has 5 heteroatoms. The summed E-state index contributed by atoms with van der Waals surface area (Å²) in [6.45, 7) is 0. The molecule has 68 valence electrons. The number of halogens is 4. The predicted octanol–water partition coefficient (Wildman–Crippen LogP) is 2.44. The summed E-state index contributed by atoms with van der Waals surface area (Å²) in [7, 11) is 1.60. The van der Waals surface area contributed by atoms with Crippen molar-refractivity contribution < 1.29 is 13.2 Å². The SMILES string of the molecule is BC1=CC(Br)=C=CC(C(F)(F)F)=C1. The fourth-order valence-corrected chi connectivity index (χ4v) is 1.36. The predicted molar refractivity (Wildman–Crippen MR) is 51.3 cm³/mol. The Balaban J connectivity index is 3.16. The van der Waals surface area contributed by atoms with E-state index in [0.29, 0.717) is 9.95 Å². The fourth-order valence-electron chi connectivity index (χ4n) is 0.881. The van der Waals surface area contributed by atoms with Gasteiger partial charge in [-0.3, -0.25) is 0 Å². The number of rotatable bonds is 0. The molecule has 0 aromatic rings. The maximum absolute atomic E-state index is 12.2. The minimum atomic E-state index is -4.31. The van der Waals surface area contributed by atoms with Crippen molar-refractivity contribution in [3.8, 4) is 0 Å². The highest BCUT2D eigenvalue weighted by molar-refractivity contribution is 9.11. The first kappa shape index (κ1) is 10.4. The first-order valence-electron chi connectivity index (χ1n) is 3.49. The first-order valence-corrected chi connectivity index (χ1v) is 4.28. The van der Waals surface area contributed by atoms with Crippen LogP contribution in [0.25, 0.3) is 0 Å². The summed E-state index contributed by atoms with van der Waals surface area (Å²) in [6, 6.07) is 0. The average molecular weight is 249 g/mol. The maximum Gasteiger partial charge on any atom is 0.416 e. The summed E-state index contributed by atoms with van der Waals surface area (Å²) in [6.07, 6.45) is -0.715. The molecular formula is C8H5BBrF3. The molecule has 0 radical (unpaired) electrons. The Bertz CT molecular complexity index is 343. The minimum Gasteiger partial charge on any atom is -0.166 e.